The van der Waals surface area contributed by atoms with Crippen LogP contribution in [0.15, 0.2) is 11.6 Å². The van der Waals surface area contributed by atoms with Crippen molar-refractivity contribution in [2.45, 2.75) is 45.4 Å². The molecule has 1 aliphatic rings. The van der Waals surface area contributed by atoms with Gasteiger partial charge in [-0.2, -0.15) is 11.8 Å². The lowest BCUT2D eigenvalue weighted by atomic mass is 10.1. The van der Waals surface area contributed by atoms with Crippen LogP contribution < -0.4 is 0 Å². The van der Waals surface area contributed by atoms with Crippen molar-refractivity contribution in [2.24, 2.45) is 0 Å². The average Bonchev–Trinajstić information content (AvgIpc) is 2.46. The van der Waals surface area contributed by atoms with Gasteiger partial charge < -0.3 is 0 Å². The summed E-state index contributed by atoms with van der Waals surface area (Å²) in [4.78, 5) is 11.7. The number of Topliss-reactive ketones (excluding diaryl/α,β-unsaturated/α-hetero) is 1. The molecule has 0 saturated heterocycles. The first-order valence-corrected chi connectivity index (χ1v) is 6.80. The second-order valence-electron chi connectivity index (χ2n) is 3.80. The Morgan fingerprint density at radius 3 is 3.07 bits per heavy atom. The first-order valence-electron chi connectivity index (χ1n) is 5.64. The average molecular weight is 212 g/mol. The Bertz CT molecular complexity index is 208. The molecule has 0 heterocycles. The molecule has 0 fully saturated rings. The van der Waals surface area contributed by atoms with Gasteiger partial charge in [0, 0.05) is 0 Å². The Morgan fingerprint density at radius 1 is 1.43 bits per heavy atom. The topological polar surface area (TPSA) is 17.1 Å². The maximum atomic E-state index is 11.7. The van der Waals surface area contributed by atoms with Gasteiger partial charge in [0.1, 0.15) is 0 Å². The molecule has 0 unspecified atom stereocenters. The van der Waals surface area contributed by atoms with Gasteiger partial charge in [-0.1, -0.05) is 19.4 Å². The zero-order valence-electron chi connectivity index (χ0n) is 9.05. The normalized spacial score (nSPS) is 17.4. The minimum Gasteiger partial charge on any atom is -0.294 e. The molecule has 0 aliphatic heterocycles. The quantitative estimate of drug-likeness (QED) is 0.648. The van der Waals surface area contributed by atoms with Gasteiger partial charge in [0.25, 0.3) is 0 Å². The third-order valence-corrected chi connectivity index (χ3v) is 3.64. The van der Waals surface area contributed by atoms with E-state index in [4.69, 9.17) is 0 Å². The minimum absolute atomic E-state index is 0.380. The number of ketones is 1. The molecule has 0 bridgehead atoms. The molecule has 0 aromatic heterocycles. The van der Waals surface area contributed by atoms with Gasteiger partial charge in [0.2, 0.25) is 0 Å². The predicted octanol–water partition coefficient (Wildman–Crippen LogP) is 3.59. The molecule has 1 nitrogen and oxygen atoms in total. The lowest BCUT2D eigenvalue weighted by Crippen LogP contribution is -2.05. The molecule has 0 spiro atoms. The Kier molecular flexibility index (Phi) is 6.00. The zero-order valence-corrected chi connectivity index (χ0v) is 9.87. The lowest BCUT2D eigenvalue weighted by Gasteiger charge is -2.03. The van der Waals surface area contributed by atoms with Crippen molar-refractivity contribution in [3.63, 3.8) is 0 Å². The van der Waals surface area contributed by atoms with E-state index in [0.29, 0.717) is 11.5 Å². The Hall–Kier alpha value is -0.240. The van der Waals surface area contributed by atoms with Crippen molar-refractivity contribution in [3.8, 4) is 0 Å². The van der Waals surface area contributed by atoms with Crippen LogP contribution in [0.1, 0.15) is 45.4 Å². The monoisotopic (exact) mass is 212 g/mol. The Morgan fingerprint density at radius 2 is 2.29 bits per heavy atom. The molecule has 0 saturated carbocycles. The standard InChI is InChI=1S/C12H20OS/c1-2-9-14-10-12(13)11-7-5-3-4-6-8-11/h7H,2-6,8-10H2,1H3. The van der Waals surface area contributed by atoms with E-state index in [-0.39, 0.29) is 0 Å². The molecule has 0 atom stereocenters. The van der Waals surface area contributed by atoms with E-state index < -0.39 is 0 Å². The van der Waals surface area contributed by atoms with Crippen molar-refractivity contribution in [3.05, 3.63) is 11.6 Å². The smallest absolute Gasteiger partial charge is 0.168 e. The Balaban J connectivity index is 2.30. The van der Waals surface area contributed by atoms with Crippen molar-refractivity contribution in [1.29, 1.82) is 0 Å². The van der Waals surface area contributed by atoms with E-state index in [0.717, 1.165) is 30.6 Å². The molecule has 2 heteroatoms. The van der Waals surface area contributed by atoms with Gasteiger partial charge in [0.05, 0.1) is 5.75 Å². The molecular weight excluding hydrogens is 192 g/mol. The number of rotatable bonds is 5. The van der Waals surface area contributed by atoms with Crippen molar-refractivity contribution in [1.82, 2.24) is 0 Å². The van der Waals surface area contributed by atoms with E-state index in [9.17, 15) is 4.79 Å². The van der Waals surface area contributed by atoms with Gasteiger partial charge >= 0.3 is 0 Å². The largest absolute Gasteiger partial charge is 0.294 e. The summed E-state index contributed by atoms with van der Waals surface area (Å²) in [6, 6.07) is 0. The first kappa shape index (κ1) is 11.8. The van der Waals surface area contributed by atoms with E-state index in [1.54, 1.807) is 11.8 Å². The van der Waals surface area contributed by atoms with Crippen molar-refractivity contribution in [2.75, 3.05) is 11.5 Å². The van der Waals surface area contributed by atoms with Crippen LogP contribution in [0.2, 0.25) is 0 Å². The highest BCUT2D eigenvalue weighted by atomic mass is 32.2. The summed E-state index contributed by atoms with van der Waals surface area (Å²) in [5.74, 6) is 2.18. The fourth-order valence-corrected chi connectivity index (χ4v) is 2.47. The van der Waals surface area contributed by atoms with Gasteiger partial charge in [-0.05, 0) is 43.4 Å². The highest BCUT2D eigenvalue weighted by Gasteiger charge is 2.10. The van der Waals surface area contributed by atoms with Gasteiger partial charge in [0.15, 0.2) is 5.78 Å². The van der Waals surface area contributed by atoms with Crippen LogP contribution >= 0.6 is 11.8 Å². The maximum absolute atomic E-state index is 11.7. The summed E-state index contributed by atoms with van der Waals surface area (Å²) in [7, 11) is 0. The second-order valence-corrected chi connectivity index (χ2v) is 4.91. The lowest BCUT2D eigenvalue weighted by molar-refractivity contribution is -0.113. The van der Waals surface area contributed by atoms with Crippen molar-refractivity contribution < 1.29 is 4.79 Å². The van der Waals surface area contributed by atoms with Crippen LogP contribution in [-0.4, -0.2) is 17.3 Å². The summed E-state index contributed by atoms with van der Waals surface area (Å²) in [5, 5.41) is 0. The summed E-state index contributed by atoms with van der Waals surface area (Å²) < 4.78 is 0. The minimum atomic E-state index is 0.380. The third kappa shape index (κ3) is 4.32. The molecule has 0 radical (unpaired) electrons. The van der Waals surface area contributed by atoms with Gasteiger partial charge in [-0.25, -0.2) is 0 Å². The predicted molar refractivity (Wildman–Crippen MR) is 63.8 cm³/mol. The molecule has 0 aromatic rings. The Labute approximate surface area is 91.3 Å². The number of hydrogen-bond donors (Lipinski definition) is 0. The van der Waals surface area contributed by atoms with Crippen LogP contribution in [-0.2, 0) is 4.79 Å². The number of thioether (sulfide) groups is 1. The SMILES string of the molecule is CCCSCC(=O)C1=CCCCCC1. The molecule has 1 rings (SSSR count). The van der Waals surface area contributed by atoms with Crippen LogP contribution in [0, 0.1) is 0 Å². The molecule has 1 aliphatic carbocycles. The number of carbonyl (C=O) groups is 1. The molecule has 14 heavy (non-hydrogen) atoms. The number of allylic oxidation sites excluding steroid dienone is 2. The summed E-state index contributed by atoms with van der Waals surface area (Å²) in [6.45, 7) is 2.16. The summed E-state index contributed by atoms with van der Waals surface area (Å²) in [6.07, 6.45) is 9.22. The highest BCUT2D eigenvalue weighted by Crippen LogP contribution is 2.19. The number of hydrogen-bond acceptors (Lipinski definition) is 2. The van der Waals surface area contributed by atoms with Crippen LogP contribution in [0.3, 0.4) is 0 Å². The molecule has 0 N–H and O–H groups in total. The molecule has 80 valence electrons. The van der Waals surface area contributed by atoms with Gasteiger partial charge in [-0.3, -0.25) is 4.79 Å². The molecule has 0 amide bonds. The summed E-state index contributed by atoms with van der Waals surface area (Å²) >= 11 is 1.77. The van der Waals surface area contributed by atoms with E-state index in [1.807, 2.05) is 0 Å². The molecular formula is C12H20OS. The van der Waals surface area contributed by atoms with E-state index in [1.165, 1.54) is 19.3 Å². The maximum Gasteiger partial charge on any atom is 0.168 e. The van der Waals surface area contributed by atoms with E-state index in [2.05, 4.69) is 13.0 Å². The summed E-state index contributed by atoms with van der Waals surface area (Å²) in [5.41, 5.74) is 1.10. The van der Waals surface area contributed by atoms with Crippen molar-refractivity contribution >= 4 is 17.5 Å². The van der Waals surface area contributed by atoms with Crippen LogP contribution in [0.5, 0.6) is 0 Å². The molecule has 0 aromatic carbocycles. The van der Waals surface area contributed by atoms with Crippen LogP contribution in [0.25, 0.3) is 0 Å². The van der Waals surface area contributed by atoms with Gasteiger partial charge in [-0.15, -0.1) is 0 Å². The number of carbonyl (C=O) groups excluding carboxylic acids is 1. The zero-order chi connectivity index (χ0) is 10.2. The third-order valence-electron chi connectivity index (χ3n) is 2.48. The van der Waals surface area contributed by atoms with Crippen LogP contribution in [0.4, 0.5) is 0 Å². The fraction of sp³-hybridized carbons (Fsp3) is 0.750. The second kappa shape index (κ2) is 7.10. The fourth-order valence-electron chi connectivity index (χ4n) is 1.67. The first-order chi connectivity index (χ1) is 6.84. The van der Waals surface area contributed by atoms with E-state index >= 15 is 0 Å². The highest BCUT2D eigenvalue weighted by molar-refractivity contribution is 7.99.